The third-order valence-corrected chi connectivity index (χ3v) is 3.47. The average Bonchev–Trinajstić information content (AvgIpc) is 3.08. The highest BCUT2D eigenvalue weighted by atomic mass is 16.5. The number of unbranched alkanes of at least 4 members (excludes halogenated alkanes) is 3. The van der Waals surface area contributed by atoms with Crippen LogP contribution in [0.2, 0.25) is 0 Å². The summed E-state index contributed by atoms with van der Waals surface area (Å²) in [5.74, 6) is 0.711. The number of ether oxygens (including phenoxy) is 1. The Morgan fingerprint density at radius 2 is 1.91 bits per heavy atom. The molecule has 130 valence electrons. The number of guanidine groups is 1. The summed E-state index contributed by atoms with van der Waals surface area (Å²) < 4.78 is 6.54. The summed E-state index contributed by atoms with van der Waals surface area (Å²) in [6.07, 6.45) is 9.38. The number of nitrogens with zero attached hydrogens (tertiary/aromatic N) is 3. The average molecular weight is 323 g/mol. The molecule has 0 aliphatic heterocycles. The van der Waals surface area contributed by atoms with Crippen molar-refractivity contribution in [2.45, 2.75) is 45.1 Å². The van der Waals surface area contributed by atoms with Crippen LogP contribution in [-0.4, -0.2) is 49.0 Å². The molecule has 0 aliphatic rings. The number of hydrogen-bond donors (Lipinski definition) is 2. The molecular weight excluding hydrogens is 294 g/mol. The Hall–Kier alpha value is -2.05. The Labute approximate surface area is 138 Å². The molecular formula is C16H29N5O2. The zero-order valence-electron chi connectivity index (χ0n) is 14.3. The van der Waals surface area contributed by atoms with Gasteiger partial charge in [-0.25, -0.2) is 0 Å². The van der Waals surface area contributed by atoms with Gasteiger partial charge in [0.15, 0.2) is 5.96 Å². The zero-order chi connectivity index (χ0) is 16.8. The maximum atomic E-state index is 11.0. The van der Waals surface area contributed by atoms with Crippen LogP contribution < -0.4 is 10.6 Å². The van der Waals surface area contributed by atoms with Gasteiger partial charge in [0.2, 0.25) is 0 Å². The predicted molar refractivity (Wildman–Crippen MR) is 91.3 cm³/mol. The molecule has 1 aromatic rings. The maximum Gasteiger partial charge on any atom is 0.305 e. The molecule has 7 heteroatoms. The smallest absolute Gasteiger partial charge is 0.305 e. The van der Waals surface area contributed by atoms with Gasteiger partial charge in [-0.3, -0.25) is 14.5 Å². The molecule has 0 radical (unpaired) electrons. The third-order valence-electron chi connectivity index (χ3n) is 3.47. The highest BCUT2D eigenvalue weighted by molar-refractivity contribution is 5.79. The number of aryl methyl sites for hydroxylation is 1. The number of nitrogens with one attached hydrogen (secondary N) is 2. The maximum absolute atomic E-state index is 11.0. The largest absolute Gasteiger partial charge is 0.469 e. The molecule has 7 nitrogen and oxygen atoms in total. The fourth-order valence-corrected chi connectivity index (χ4v) is 2.16. The standard InChI is InChI=1S/C16H29N5O2/c1-17-16(19-11-7-13-21-14-8-12-20-21)18-10-6-4-3-5-9-15(22)23-2/h8,12,14H,3-7,9-11,13H2,1-2H3,(H2,17,18,19). The van der Waals surface area contributed by atoms with Crippen molar-refractivity contribution >= 4 is 11.9 Å². The summed E-state index contributed by atoms with van der Waals surface area (Å²) in [5, 5.41) is 10.8. The van der Waals surface area contributed by atoms with E-state index >= 15 is 0 Å². The van der Waals surface area contributed by atoms with Gasteiger partial charge in [0.05, 0.1) is 7.11 Å². The van der Waals surface area contributed by atoms with Crippen LogP contribution in [0.4, 0.5) is 0 Å². The minimum atomic E-state index is -0.122. The van der Waals surface area contributed by atoms with E-state index in [1.807, 2.05) is 16.9 Å². The van der Waals surface area contributed by atoms with Gasteiger partial charge in [0, 0.05) is 45.5 Å². The lowest BCUT2D eigenvalue weighted by molar-refractivity contribution is -0.140. The van der Waals surface area contributed by atoms with Gasteiger partial charge in [-0.2, -0.15) is 5.10 Å². The van der Waals surface area contributed by atoms with Crippen molar-refractivity contribution in [1.29, 1.82) is 0 Å². The van der Waals surface area contributed by atoms with E-state index in [4.69, 9.17) is 0 Å². The van der Waals surface area contributed by atoms with Crippen molar-refractivity contribution in [2.24, 2.45) is 4.99 Å². The quantitative estimate of drug-likeness (QED) is 0.280. The third kappa shape index (κ3) is 9.55. The van der Waals surface area contributed by atoms with E-state index < -0.39 is 0 Å². The zero-order valence-corrected chi connectivity index (χ0v) is 14.3. The normalized spacial score (nSPS) is 11.3. The Morgan fingerprint density at radius 3 is 2.57 bits per heavy atom. The second-order valence-electron chi connectivity index (χ2n) is 5.29. The summed E-state index contributed by atoms with van der Waals surface area (Å²) in [6.45, 7) is 2.65. The van der Waals surface area contributed by atoms with Crippen molar-refractivity contribution in [3.63, 3.8) is 0 Å². The first kappa shape index (κ1) is 19.0. The molecule has 0 bridgehead atoms. The molecule has 1 rings (SSSR count). The van der Waals surface area contributed by atoms with Crippen LogP contribution in [0.3, 0.4) is 0 Å². The fourth-order valence-electron chi connectivity index (χ4n) is 2.16. The van der Waals surface area contributed by atoms with Crippen LogP contribution >= 0.6 is 0 Å². The highest BCUT2D eigenvalue weighted by Crippen LogP contribution is 2.03. The summed E-state index contributed by atoms with van der Waals surface area (Å²) in [5.41, 5.74) is 0. The summed E-state index contributed by atoms with van der Waals surface area (Å²) in [4.78, 5) is 15.2. The van der Waals surface area contributed by atoms with Gasteiger partial charge in [-0.05, 0) is 25.3 Å². The van der Waals surface area contributed by atoms with Gasteiger partial charge < -0.3 is 15.4 Å². The lowest BCUT2D eigenvalue weighted by atomic mass is 10.1. The molecule has 0 saturated carbocycles. The molecule has 0 spiro atoms. The Kier molecular flexibility index (Phi) is 10.3. The first-order valence-corrected chi connectivity index (χ1v) is 8.25. The van der Waals surface area contributed by atoms with Crippen LogP contribution in [0.1, 0.15) is 38.5 Å². The first-order chi connectivity index (χ1) is 11.3. The van der Waals surface area contributed by atoms with Crippen LogP contribution in [0, 0.1) is 0 Å². The molecule has 0 atom stereocenters. The molecule has 0 aliphatic carbocycles. The molecule has 0 amide bonds. The van der Waals surface area contributed by atoms with Gasteiger partial charge >= 0.3 is 5.97 Å². The predicted octanol–water partition coefficient (Wildman–Crippen LogP) is 1.56. The van der Waals surface area contributed by atoms with Gasteiger partial charge in [-0.15, -0.1) is 0 Å². The minimum Gasteiger partial charge on any atom is -0.469 e. The second-order valence-corrected chi connectivity index (χ2v) is 5.29. The van der Waals surface area contributed by atoms with Crippen LogP contribution in [0.5, 0.6) is 0 Å². The first-order valence-electron chi connectivity index (χ1n) is 8.25. The van der Waals surface area contributed by atoms with E-state index in [2.05, 4.69) is 25.5 Å². The van der Waals surface area contributed by atoms with Gasteiger partial charge in [0.25, 0.3) is 0 Å². The van der Waals surface area contributed by atoms with E-state index in [1.165, 1.54) is 7.11 Å². The molecule has 0 aromatic carbocycles. The highest BCUT2D eigenvalue weighted by Gasteiger charge is 2.00. The number of carbonyl (C=O) groups excluding carboxylic acids is 1. The van der Waals surface area contributed by atoms with Crippen molar-refractivity contribution in [2.75, 3.05) is 27.2 Å². The SMILES string of the molecule is CN=C(NCCCCCCC(=O)OC)NCCCn1cccn1. The summed E-state index contributed by atoms with van der Waals surface area (Å²) in [6, 6.07) is 1.93. The summed E-state index contributed by atoms with van der Waals surface area (Å²) >= 11 is 0. The van der Waals surface area contributed by atoms with E-state index in [0.29, 0.717) is 6.42 Å². The Bertz CT molecular complexity index is 445. The molecule has 0 saturated heterocycles. The lowest BCUT2D eigenvalue weighted by Crippen LogP contribution is -2.38. The molecule has 0 unspecified atom stereocenters. The second kappa shape index (κ2) is 12.5. The summed E-state index contributed by atoms with van der Waals surface area (Å²) in [7, 11) is 3.21. The monoisotopic (exact) mass is 323 g/mol. The number of methoxy groups -OCH3 is 1. The molecule has 0 fully saturated rings. The number of aromatic nitrogens is 2. The molecule has 1 heterocycles. The van der Waals surface area contributed by atoms with Crippen LogP contribution in [-0.2, 0) is 16.1 Å². The minimum absolute atomic E-state index is 0.122. The van der Waals surface area contributed by atoms with Gasteiger partial charge in [0.1, 0.15) is 0 Å². The lowest BCUT2D eigenvalue weighted by Gasteiger charge is -2.11. The van der Waals surface area contributed by atoms with E-state index in [-0.39, 0.29) is 5.97 Å². The Morgan fingerprint density at radius 1 is 1.17 bits per heavy atom. The van der Waals surface area contributed by atoms with Crippen molar-refractivity contribution < 1.29 is 9.53 Å². The molecule has 1 aromatic heterocycles. The van der Waals surface area contributed by atoms with Crippen molar-refractivity contribution in [3.8, 4) is 0 Å². The number of aliphatic imine (C=N–C) groups is 1. The van der Waals surface area contributed by atoms with E-state index in [1.54, 1.807) is 13.2 Å². The number of rotatable bonds is 11. The van der Waals surface area contributed by atoms with Crippen molar-refractivity contribution in [3.05, 3.63) is 18.5 Å². The van der Waals surface area contributed by atoms with Crippen molar-refractivity contribution in [1.82, 2.24) is 20.4 Å². The van der Waals surface area contributed by atoms with E-state index in [9.17, 15) is 4.79 Å². The molecule has 2 N–H and O–H groups in total. The van der Waals surface area contributed by atoms with E-state index in [0.717, 1.165) is 57.7 Å². The number of hydrogen-bond acceptors (Lipinski definition) is 4. The fraction of sp³-hybridized carbons (Fsp3) is 0.688. The molecule has 23 heavy (non-hydrogen) atoms. The number of esters is 1. The van der Waals surface area contributed by atoms with Crippen LogP contribution in [0.25, 0.3) is 0 Å². The number of carbonyl (C=O) groups is 1. The Balaban J connectivity index is 1.96. The van der Waals surface area contributed by atoms with Gasteiger partial charge in [-0.1, -0.05) is 12.8 Å². The van der Waals surface area contributed by atoms with Crippen LogP contribution in [0.15, 0.2) is 23.5 Å². The topological polar surface area (TPSA) is 80.5 Å².